The Morgan fingerprint density at radius 2 is 1.70 bits per heavy atom. The van der Waals surface area contributed by atoms with Gasteiger partial charge in [0.25, 0.3) is 25.8 Å². The zero-order valence-corrected chi connectivity index (χ0v) is 25.6. The van der Waals surface area contributed by atoms with E-state index in [1.165, 1.54) is 0 Å². The lowest BCUT2D eigenvalue weighted by atomic mass is 10.1. The highest BCUT2D eigenvalue weighted by atomic mass is 35.5. The number of fused-ring (bicyclic) bond motifs is 2. The van der Waals surface area contributed by atoms with Crippen molar-refractivity contribution in [2.24, 2.45) is 0 Å². The first-order chi connectivity index (χ1) is 20.4. The molecule has 4 aromatic rings. The van der Waals surface area contributed by atoms with Crippen LogP contribution in [0.4, 0.5) is 5.69 Å². The quantitative estimate of drug-likeness (QED) is 0.154. The molecule has 0 saturated carbocycles. The van der Waals surface area contributed by atoms with Crippen molar-refractivity contribution < 1.29 is 39.7 Å². The van der Waals surface area contributed by atoms with Crippen LogP contribution in [0, 0.1) is 0 Å². The first kappa shape index (κ1) is 30.8. The molecule has 43 heavy (non-hydrogen) atoms. The summed E-state index contributed by atoms with van der Waals surface area (Å²) in [6.45, 7) is 2.12. The molecule has 10 nitrogen and oxygen atoms in total. The molecule has 0 saturated heterocycles. The third-order valence-corrected chi connectivity index (χ3v) is 8.65. The van der Waals surface area contributed by atoms with E-state index in [2.05, 4.69) is 0 Å². The second-order valence-corrected chi connectivity index (χ2v) is 13.6. The van der Waals surface area contributed by atoms with Crippen LogP contribution in [-0.4, -0.2) is 44.0 Å². The van der Waals surface area contributed by atoms with Crippen LogP contribution in [0.5, 0.6) is 5.75 Å². The third-order valence-electron chi connectivity index (χ3n) is 6.91. The topological polar surface area (TPSA) is 138 Å². The molecule has 1 aliphatic rings. The van der Waals surface area contributed by atoms with E-state index >= 15 is 0 Å². The van der Waals surface area contributed by atoms with Gasteiger partial charge < -0.3 is 14.1 Å². The Morgan fingerprint density at radius 1 is 0.953 bits per heavy atom. The zero-order valence-electron chi connectivity index (χ0n) is 23.2. The predicted molar refractivity (Wildman–Crippen MR) is 165 cm³/mol. The number of anilines is 1. The van der Waals surface area contributed by atoms with Crippen LogP contribution in [0.2, 0.25) is 5.02 Å². The standard InChI is InChI=1S/C30H29ClN2O8S2/c1-2-21(17-29-32(13-6-15-42(34,35)36)26-20-24(31)10-12-28(26)41-29)18-30-33(14-16-43(37,38)39)25-19-23(9-11-27(25)40-30)22-7-4-3-5-8-22/h3-5,7-12,17-20H,2,6,13-16H2,1H3,(H-,34,35,36,37,38,39)/p+1. The molecule has 13 heteroatoms. The molecule has 0 bridgehead atoms. The van der Waals surface area contributed by atoms with Gasteiger partial charge in [-0.05, 0) is 53.8 Å². The highest BCUT2D eigenvalue weighted by molar-refractivity contribution is 7.86. The van der Waals surface area contributed by atoms with Crippen molar-refractivity contribution in [1.82, 2.24) is 0 Å². The highest BCUT2D eigenvalue weighted by Gasteiger charge is 2.28. The summed E-state index contributed by atoms with van der Waals surface area (Å²) in [5, 5.41) is 0.478. The molecule has 226 valence electrons. The van der Waals surface area contributed by atoms with Crippen LogP contribution in [-0.2, 0) is 26.8 Å². The van der Waals surface area contributed by atoms with Gasteiger partial charge in [-0.1, -0.05) is 54.9 Å². The van der Waals surface area contributed by atoms with Crippen LogP contribution in [0.15, 0.2) is 88.7 Å². The number of rotatable bonds is 11. The molecular formula is C30H30ClN2O8S2+. The number of allylic oxidation sites excluding steroid dienone is 2. The van der Waals surface area contributed by atoms with Crippen LogP contribution < -0.4 is 14.2 Å². The number of oxazole rings is 1. The Kier molecular flexibility index (Phi) is 8.95. The van der Waals surface area contributed by atoms with E-state index in [0.29, 0.717) is 45.8 Å². The first-order valence-electron chi connectivity index (χ1n) is 13.5. The predicted octanol–water partition coefficient (Wildman–Crippen LogP) is 5.74. The summed E-state index contributed by atoms with van der Waals surface area (Å²) in [7, 11) is -8.40. The molecule has 3 aromatic carbocycles. The van der Waals surface area contributed by atoms with Gasteiger partial charge in [0, 0.05) is 23.7 Å². The van der Waals surface area contributed by atoms with Gasteiger partial charge in [-0.2, -0.15) is 21.4 Å². The van der Waals surface area contributed by atoms with Gasteiger partial charge in [0.2, 0.25) is 11.5 Å². The van der Waals surface area contributed by atoms with Gasteiger partial charge in [0.15, 0.2) is 12.3 Å². The number of halogens is 1. The maximum absolute atomic E-state index is 11.7. The lowest BCUT2D eigenvalue weighted by Crippen LogP contribution is -2.38. The minimum Gasteiger partial charge on any atom is -0.439 e. The fourth-order valence-electron chi connectivity index (χ4n) is 4.84. The number of aryl methyl sites for hydroxylation is 1. The van der Waals surface area contributed by atoms with Crippen LogP contribution in [0.3, 0.4) is 0 Å². The second kappa shape index (κ2) is 12.5. The molecule has 0 amide bonds. The fourth-order valence-corrected chi connectivity index (χ4v) is 5.91. The largest absolute Gasteiger partial charge is 0.439 e. The Balaban J connectivity index is 1.55. The van der Waals surface area contributed by atoms with Crippen molar-refractivity contribution in [3.63, 3.8) is 0 Å². The van der Waals surface area contributed by atoms with E-state index in [9.17, 15) is 25.9 Å². The molecule has 0 fully saturated rings. The van der Waals surface area contributed by atoms with Crippen LogP contribution in [0.25, 0.3) is 28.3 Å². The highest BCUT2D eigenvalue weighted by Crippen LogP contribution is 2.41. The zero-order chi connectivity index (χ0) is 30.8. The summed E-state index contributed by atoms with van der Waals surface area (Å²) < 4.78 is 78.7. The van der Waals surface area contributed by atoms with Gasteiger partial charge in [0.1, 0.15) is 5.75 Å². The molecule has 0 spiro atoms. The van der Waals surface area contributed by atoms with E-state index in [1.807, 2.05) is 55.5 Å². The van der Waals surface area contributed by atoms with Gasteiger partial charge in [0.05, 0.1) is 17.5 Å². The van der Waals surface area contributed by atoms with Gasteiger partial charge >= 0.3 is 5.89 Å². The summed E-state index contributed by atoms with van der Waals surface area (Å²) in [6, 6.07) is 20.5. The van der Waals surface area contributed by atoms with E-state index in [4.69, 9.17) is 20.8 Å². The summed E-state index contributed by atoms with van der Waals surface area (Å²) in [4.78, 5) is 1.78. The van der Waals surface area contributed by atoms with Gasteiger partial charge in [-0.15, -0.1) is 0 Å². The molecule has 0 atom stereocenters. The Morgan fingerprint density at radius 3 is 2.40 bits per heavy atom. The van der Waals surface area contributed by atoms with Crippen molar-refractivity contribution in [2.45, 2.75) is 26.3 Å². The summed E-state index contributed by atoms with van der Waals surface area (Å²) in [5.41, 5.74) is 4.51. The lowest BCUT2D eigenvalue weighted by Gasteiger charge is -2.18. The van der Waals surface area contributed by atoms with E-state index in [0.717, 1.165) is 16.7 Å². The number of benzene rings is 3. The van der Waals surface area contributed by atoms with E-state index in [-0.39, 0.29) is 19.5 Å². The Bertz CT molecular complexity index is 1940. The summed E-state index contributed by atoms with van der Waals surface area (Å²) >= 11 is 6.23. The Hall–Kier alpha value is -3.68. The van der Waals surface area contributed by atoms with Crippen molar-refractivity contribution in [3.05, 3.63) is 95.2 Å². The lowest BCUT2D eigenvalue weighted by molar-refractivity contribution is -0.673. The maximum atomic E-state index is 11.7. The monoisotopic (exact) mass is 645 g/mol. The van der Waals surface area contributed by atoms with E-state index < -0.39 is 31.7 Å². The third kappa shape index (κ3) is 7.64. The van der Waals surface area contributed by atoms with Crippen LogP contribution in [0.1, 0.15) is 25.7 Å². The Labute approximate surface area is 255 Å². The first-order valence-corrected chi connectivity index (χ1v) is 17.1. The molecule has 5 rings (SSSR count). The summed E-state index contributed by atoms with van der Waals surface area (Å²) in [5.74, 6) is 0.410. The van der Waals surface area contributed by atoms with Gasteiger partial charge in [-0.25, -0.2) is 0 Å². The molecule has 1 aliphatic heterocycles. The molecule has 0 unspecified atom stereocenters. The van der Waals surface area contributed by atoms with E-state index in [1.54, 1.807) is 39.8 Å². The average molecular weight is 646 g/mol. The minimum absolute atomic E-state index is 0.0499. The SMILES string of the molecule is CCC(=Cc1oc2ccc(-c3ccccc3)cc2[n+]1CCS(=O)(=O)O)C=C1Oc2ccc(Cl)cc2N1CCCS(=O)(=O)O. The van der Waals surface area contributed by atoms with Gasteiger partial charge in [-0.3, -0.25) is 9.11 Å². The van der Waals surface area contributed by atoms with Crippen molar-refractivity contribution in [1.29, 1.82) is 0 Å². The normalized spacial score (nSPS) is 14.8. The average Bonchev–Trinajstić information content (AvgIpc) is 3.47. The number of ether oxygens (including phenoxy) is 1. The molecule has 1 aromatic heterocycles. The van der Waals surface area contributed by atoms with Crippen molar-refractivity contribution in [3.8, 4) is 16.9 Å². The number of nitrogens with zero attached hydrogens (tertiary/aromatic N) is 2. The second-order valence-electron chi connectivity index (χ2n) is 9.99. The fraction of sp³-hybridized carbons (Fsp3) is 0.233. The van der Waals surface area contributed by atoms with Crippen molar-refractivity contribution in [2.75, 3.05) is 23.0 Å². The molecule has 2 N–H and O–H groups in total. The molecule has 2 heterocycles. The smallest absolute Gasteiger partial charge is 0.374 e. The maximum Gasteiger partial charge on any atom is 0.374 e. The van der Waals surface area contributed by atoms with Crippen LogP contribution >= 0.6 is 11.6 Å². The van der Waals surface area contributed by atoms with Crippen molar-refractivity contribution >= 4 is 54.7 Å². The summed E-state index contributed by atoms with van der Waals surface area (Å²) in [6.07, 6.45) is 4.24. The molecular weight excluding hydrogens is 616 g/mol. The number of hydrogen-bond acceptors (Lipinski definition) is 7. The minimum atomic E-state index is -4.25. The molecule has 0 radical (unpaired) electrons. The number of hydrogen-bond donors (Lipinski definition) is 2. The number of aromatic nitrogens is 1. The molecule has 0 aliphatic carbocycles.